The number of hydrogen-bond donors (Lipinski definition) is 1. The standard InChI is InChI=1S/C15H16O6S/c16-22(17,18)8-7-19-14-5-1-4-13-12(14)3-2-6-15(13)21-10-11-9-20-11/h1-6,11H,7-10H2,(H,16,17,18). The second-order valence-electron chi connectivity index (χ2n) is 5.01. The van der Waals surface area contributed by atoms with E-state index in [1.54, 1.807) is 6.07 Å². The molecule has 0 spiro atoms. The van der Waals surface area contributed by atoms with Gasteiger partial charge in [0.15, 0.2) is 0 Å². The van der Waals surface area contributed by atoms with Gasteiger partial charge in [0.25, 0.3) is 10.1 Å². The molecule has 2 aromatic rings. The molecule has 0 bridgehead atoms. The lowest BCUT2D eigenvalue weighted by molar-refractivity contribution is 0.265. The van der Waals surface area contributed by atoms with Crippen LogP contribution in [0.25, 0.3) is 10.8 Å². The predicted molar refractivity (Wildman–Crippen MR) is 81.1 cm³/mol. The monoisotopic (exact) mass is 324 g/mol. The molecule has 7 heteroatoms. The van der Waals surface area contributed by atoms with Crippen molar-refractivity contribution in [2.45, 2.75) is 6.10 Å². The largest absolute Gasteiger partial charge is 0.492 e. The van der Waals surface area contributed by atoms with Crippen molar-refractivity contribution in [2.75, 3.05) is 25.6 Å². The third kappa shape index (κ3) is 3.88. The molecule has 1 aliphatic heterocycles. The molecule has 1 N–H and O–H groups in total. The molecular weight excluding hydrogens is 308 g/mol. The predicted octanol–water partition coefficient (Wildman–Crippen LogP) is 1.88. The molecule has 1 heterocycles. The van der Waals surface area contributed by atoms with E-state index in [4.69, 9.17) is 18.8 Å². The molecule has 22 heavy (non-hydrogen) atoms. The van der Waals surface area contributed by atoms with Crippen LogP contribution in [0.4, 0.5) is 0 Å². The van der Waals surface area contributed by atoms with Crippen molar-refractivity contribution in [3.63, 3.8) is 0 Å². The lowest BCUT2D eigenvalue weighted by atomic mass is 10.1. The second kappa shape index (κ2) is 6.12. The summed E-state index contributed by atoms with van der Waals surface area (Å²) in [6, 6.07) is 11.1. The summed E-state index contributed by atoms with van der Waals surface area (Å²) >= 11 is 0. The number of rotatable bonds is 7. The van der Waals surface area contributed by atoms with E-state index in [1.165, 1.54) is 0 Å². The Morgan fingerprint density at radius 2 is 1.68 bits per heavy atom. The average molecular weight is 324 g/mol. The highest BCUT2D eigenvalue weighted by molar-refractivity contribution is 7.85. The first kappa shape index (κ1) is 15.1. The summed E-state index contributed by atoms with van der Waals surface area (Å²) in [6.45, 7) is 1.13. The van der Waals surface area contributed by atoms with Crippen LogP contribution in [0.2, 0.25) is 0 Å². The fraction of sp³-hybridized carbons (Fsp3) is 0.333. The Balaban J connectivity index is 1.79. The Labute approximate surface area is 128 Å². The van der Waals surface area contributed by atoms with Crippen LogP contribution >= 0.6 is 0 Å². The molecule has 118 valence electrons. The Hall–Kier alpha value is -1.83. The number of ether oxygens (including phenoxy) is 3. The molecule has 1 atom stereocenters. The minimum Gasteiger partial charge on any atom is -0.492 e. The third-order valence-corrected chi connectivity index (χ3v) is 3.95. The Morgan fingerprint density at radius 1 is 1.09 bits per heavy atom. The third-order valence-electron chi connectivity index (χ3n) is 3.27. The van der Waals surface area contributed by atoms with Crippen LogP contribution in [0.15, 0.2) is 36.4 Å². The van der Waals surface area contributed by atoms with Gasteiger partial charge in [0.1, 0.15) is 36.6 Å². The van der Waals surface area contributed by atoms with Gasteiger partial charge < -0.3 is 14.2 Å². The molecule has 2 aromatic carbocycles. The number of hydrogen-bond acceptors (Lipinski definition) is 5. The molecule has 1 saturated heterocycles. The normalized spacial score (nSPS) is 17.4. The van der Waals surface area contributed by atoms with Crippen molar-refractivity contribution in [1.29, 1.82) is 0 Å². The fourth-order valence-electron chi connectivity index (χ4n) is 2.11. The van der Waals surface area contributed by atoms with Crippen molar-refractivity contribution < 1.29 is 27.2 Å². The highest BCUT2D eigenvalue weighted by Crippen LogP contribution is 2.32. The van der Waals surface area contributed by atoms with Gasteiger partial charge in [-0.1, -0.05) is 24.3 Å². The van der Waals surface area contributed by atoms with E-state index in [0.717, 1.165) is 23.1 Å². The summed E-state index contributed by atoms with van der Waals surface area (Å²) in [4.78, 5) is 0. The van der Waals surface area contributed by atoms with Crippen LogP contribution in [0.5, 0.6) is 11.5 Å². The van der Waals surface area contributed by atoms with Gasteiger partial charge in [-0.3, -0.25) is 4.55 Å². The van der Waals surface area contributed by atoms with Gasteiger partial charge in [-0.2, -0.15) is 8.42 Å². The van der Waals surface area contributed by atoms with Crippen molar-refractivity contribution >= 4 is 20.9 Å². The van der Waals surface area contributed by atoms with Crippen LogP contribution in [0, 0.1) is 0 Å². The molecule has 0 aromatic heterocycles. The minimum atomic E-state index is -4.03. The van der Waals surface area contributed by atoms with E-state index in [9.17, 15) is 8.42 Å². The van der Waals surface area contributed by atoms with Gasteiger partial charge in [0, 0.05) is 10.8 Å². The number of epoxide rings is 1. The smallest absolute Gasteiger partial charge is 0.268 e. The Kier molecular flexibility index (Phi) is 4.19. The molecule has 1 aliphatic rings. The lowest BCUT2D eigenvalue weighted by Gasteiger charge is -2.12. The van der Waals surface area contributed by atoms with Crippen molar-refractivity contribution in [3.05, 3.63) is 36.4 Å². The average Bonchev–Trinajstić information content (AvgIpc) is 3.28. The summed E-state index contributed by atoms with van der Waals surface area (Å²) in [6.07, 6.45) is 0.171. The molecule has 1 unspecified atom stereocenters. The van der Waals surface area contributed by atoms with Crippen LogP contribution in [0.3, 0.4) is 0 Å². The van der Waals surface area contributed by atoms with Gasteiger partial charge in [-0.05, 0) is 12.1 Å². The maximum atomic E-state index is 10.7. The van der Waals surface area contributed by atoms with Gasteiger partial charge in [0.05, 0.1) is 6.61 Å². The van der Waals surface area contributed by atoms with E-state index >= 15 is 0 Å². The Bertz CT molecular complexity index is 767. The van der Waals surface area contributed by atoms with Crippen LogP contribution < -0.4 is 9.47 Å². The quantitative estimate of drug-likeness (QED) is 0.618. The van der Waals surface area contributed by atoms with Gasteiger partial charge in [0.2, 0.25) is 0 Å². The zero-order valence-corrected chi connectivity index (χ0v) is 12.6. The van der Waals surface area contributed by atoms with Gasteiger partial charge in [-0.25, -0.2) is 0 Å². The maximum Gasteiger partial charge on any atom is 0.268 e. The first-order valence-corrected chi connectivity index (χ1v) is 8.48. The second-order valence-corrected chi connectivity index (χ2v) is 6.58. The molecule has 0 radical (unpaired) electrons. The van der Waals surface area contributed by atoms with Crippen LogP contribution in [-0.2, 0) is 14.9 Å². The zero-order valence-electron chi connectivity index (χ0n) is 11.8. The SMILES string of the molecule is O=S(=O)(O)CCOc1cccc2c(OCC3CO3)cccc12. The number of benzene rings is 2. The van der Waals surface area contributed by atoms with E-state index in [-0.39, 0.29) is 12.7 Å². The highest BCUT2D eigenvalue weighted by Gasteiger charge is 2.23. The molecule has 0 aliphatic carbocycles. The summed E-state index contributed by atoms with van der Waals surface area (Å²) in [7, 11) is -4.03. The van der Waals surface area contributed by atoms with E-state index in [0.29, 0.717) is 12.4 Å². The van der Waals surface area contributed by atoms with Crippen molar-refractivity contribution in [1.82, 2.24) is 0 Å². The molecule has 0 saturated carbocycles. The molecule has 6 nitrogen and oxygen atoms in total. The van der Waals surface area contributed by atoms with E-state index in [1.807, 2.05) is 30.3 Å². The van der Waals surface area contributed by atoms with Crippen molar-refractivity contribution in [3.8, 4) is 11.5 Å². The molecule has 1 fully saturated rings. The van der Waals surface area contributed by atoms with E-state index in [2.05, 4.69) is 0 Å². The molecule has 0 amide bonds. The van der Waals surface area contributed by atoms with Gasteiger partial charge >= 0.3 is 0 Å². The summed E-state index contributed by atoms with van der Waals surface area (Å²) in [5.74, 6) is 0.834. The maximum absolute atomic E-state index is 10.7. The number of fused-ring (bicyclic) bond motifs is 1. The van der Waals surface area contributed by atoms with Crippen LogP contribution in [-0.4, -0.2) is 44.6 Å². The molecular formula is C15H16O6S. The van der Waals surface area contributed by atoms with Crippen molar-refractivity contribution in [2.24, 2.45) is 0 Å². The zero-order chi connectivity index (χ0) is 15.6. The minimum absolute atomic E-state index is 0.112. The summed E-state index contributed by atoms with van der Waals surface area (Å²) in [5, 5.41) is 1.71. The first-order valence-electron chi connectivity index (χ1n) is 6.87. The van der Waals surface area contributed by atoms with Gasteiger partial charge in [-0.15, -0.1) is 0 Å². The Morgan fingerprint density at radius 3 is 2.23 bits per heavy atom. The fourth-order valence-corrected chi connectivity index (χ4v) is 2.40. The van der Waals surface area contributed by atoms with Crippen LogP contribution in [0.1, 0.15) is 0 Å². The summed E-state index contributed by atoms with van der Waals surface area (Å²) in [5.41, 5.74) is 0. The highest BCUT2D eigenvalue weighted by atomic mass is 32.2. The lowest BCUT2D eigenvalue weighted by Crippen LogP contribution is -2.12. The first-order chi connectivity index (χ1) is 10.5. The molecule has 3 rings (SSSR count). The topological polar surface area (TPSA) is 85.4 Å². The van der Waals surface area contributed by atoms with E-state index < -0.39 is 15.9 Å². The summed E-state index contributed by atoms with van der Waals surface area (Å²) < 4.78 is 46.5.